The van der Waals surface area contributed by atoms with E-state index in [-0.39, 0.29) is 18.3 Å². The van der Waals surface area contributed by atoms with Gasteiger partial charge in [0.05, 0.1) is 11.7 Å². The Hall–Kier alpha value is -2.83. The number of anilines is 1. The Morgan fingerprint density at radius 2 is 1.62 bits per heavy atom. The lowest BCUT2D eigenvalue weighted by Gasteiger charge is -2.23. The standard InChI is InChI=1S/C17H14F3N3O/c18-17(19,20)16(24)21-15-11-14(12-7-3-1-4-8-12)23(22-15)13-9-5-2-6-10-13/h1-10,14H,11H2,(H,21,22,24). The molecular formula is C17H14F3N3O. The number of carbonyl (C=O) groups excluding carboxylic acids is 1. The van der Waals surface area contributed by atoms with E-state index in [0.717, 1.165) is 11.3 Å². The van der Waals surface area contributed by atoms with Crippen LogP contribution >= 0.6 is 0 Å². The van der Waals surface area contributed by atoms with Gasteiger partial charge in [-0.25, -0.2) is 0 Å². The van der Waals surface area contributed by atoms with Gasteiger partial charge in [0.25, 0.3) is 0 Å². The smallest absolute Gasteiger partial charge is 0.305 e. The quantitative estimate of drug-likeness (QED) is 0.912. The van der Waals surface area contributed by atoms with Crippen LogP contribution in [0.1, 0.15) is 18.0 Å². The molecular weight excluding hydrogens is 319 g/mol. The average molecular weight is 333 g/mol. The number of para-hydroxylation sites is 1. The van der Waals surface area contributed by atoms with Gasteiger partial charge in [-0.05, 0) is 17.7 Å². The number of benzene rings is 2. The van der Waals surface area contributed by atoms with Crippen molar-refractivity contribution in [2.75, 3.05) is 5.01 Å². The summed E-state index contributed by atoms with van der Waals surface area (Å²) < 4.78 is 37.4. The number of hydrogen-bond donors (Lipinski definition) is 1. The van der Waals surface area contributed by atoms with Gasteiger partial charge in [0, 0.05) is 6.42 Å². The van der Waals surface area contributed by atoms with Crippen molar-refractivity contribution in [2.45, 2.75) is 18.6 Å². The Balaban J connectivity index is 1.89. The summed E-state index contributed by atoms with van der Waals surface area (Å²) in [6.45, 7) is 0. The van der Waals surface area contributed by atoms with E-state index in [1.807, 2.05) is 66.0 Å². The molecule has 124 valence electrons. The van der Waals surface area contributed by atoms with Crippen LogP contribution in [0, 0.1) is 0 Å². The van der Waals surface area contributed by atoms with Crippen LogP contribution in [0.15, 0.2) is 65.8 Å². The molecule has 1 aliphatic rings. The summed E-state index contributed by atoms with van der Waals surface area (Å²) in [5.41, 5.74) is 1.64. The third-order valence-electron chi connectivity index (χ3n) is 3.63. The van der Waals surface area contributed by atoms with Crippen molar-refractivity contribution in [1.29, 1.82) is 0 Å². The van der Waals surface area contributed by atoms with E-state index >= 15 is 0 Å². The van der Waals surface area contributed by atoms with Gasteiger partial charge in [-0.2, -0.15) is 18.3 Å². The summed E-state index contributed by atoms with van der Waals surface area (Å²) in [5, 5.41) is 7.68. The second kappa shape index (κ2) is 6.35. The van der Waals surface area contributed by atoms with Gasteiger partial charge >= 0.3 is 12.1 Å². The Morgan fingerprint density at radius 1 is 1.04 bits per heavy atom. The van der Waals surface area contributed by atoms with Crippen molar-refractivity contribution in [2.24, 2.45) is 5.10 Å². The third kappa shape index (κ3) is 3.40. The highest BCUT2D eigenvalue weighted by Crippen LogP contribution is 2.34. The van der Waals surface area contributed by atoms with Gasteiger partial charge in [0.15, 0.2) is 0 Å². The van der Waals surface area contributed by atoms with Gasteiger partial charge in [-0.15, -0.1) is 0 Å². The van der Waals surface area contributed by atoms with E-state index in [1.54, 1.807) is 5.01 Å². The van der Waals surface area contributed by atoms with Crippen molar-refractivity contribution >= 4 is 17.4 Å². The lowest BCUT2D eigenvalue weighted by Crippen LogP contribution is -2.40. The number of hydrogen-bond acceptors (Lipinski definition) is 3. The Bertz CT molecular complexity index is 745. The molecule has 0 fully saturated rings. The van der Waals surface area contributed by atoms with Crippen molar-refractivity contribution in [3.63, 3.8) is 0 Å². The Labute approximate surface area is 136 Å². The molecule has 1 unspecified atom stereocenters. The number of nitrogens with zero attached hydrogens (tertiary/aromatic N) is 2. The monoisotopic (exact) mass is 333 g/mol. The molecule has 0 aromatic heterocycles. The molecule has 1 atom stereocenters. The fourth-order valence-corrected chi connectivity index (χ4v) is 2.54. The van der Waals surface area contributed by atoms with E-state index in [4.69, 9.17) is 0 Å². The highest BCUT2D eigenvalue weighted by molar-refractivity contribution is 6.02. The van der Waals surface area contributed by atoms with E-state index in [1.165, 1.54) is 0 Å². The number of rotatable bonds is 2. The third-order valence-corrected chi connectivity index (χ3v) is 3.63. The normalized spacial score (nSPS) is 17.5. The van der Waals surface area contributed by atoms with Crippen LogP contribution in [0.5, 0.6) is 0 Å². The molecule has 1 heterocycles. The molecule has 0 aliphatic carbocycles. The van der Waals surface area contributed by atoms with Crippen LogP contribution in [0.4, 0.5) is 18.9 Å². The predicted molar refractivity (Wildman–Crippen MR) is 84.4 cm³/mol. The van der Waals surface area contributed by atoms with Gasteiger partial charge < -0.3 is 5.32 Å². The summed E-state index contributed by atoms with van der Waals surface area (Å²) in [4.78, 5) is 11.2. The Kier molecular flexibility index (Phi) is 4.24. The molecule has 1 aliphatic heterocycles. The lowest BCUT2D eigenvalue weighted by atomic mass is 10.0. The van der Waals surface area contributed by atoms with E-state index < -0.39 is 12.1 Å². The van der Waals surface area contributed by atoms with Crippen LogP contribution in [0.3, 0.4) is 0 Å². The fraction of sp³-hybridized carbons (Fsp3) is 0.176. The maximum absolute atomic E-state index is 12.5. The first-order valence-corrected chi connectivity index (χ1v) is 7.30. The molecule has 2 aromatic rings. The van der Waals surface area contributed by atoms with Crippen LogP contribution in [-0.2, 0) is 4.79 Å². The van der Waals surface area contributed by atoms with Crippen LogP contribution in [0.25, 0.3) is 0 Å². The van der Waals surface area contributed by atoms with Crippen molar-refractivity contribution in [3.8, 4) is 0 Å². The summed E-state index contributed by atoms with van der Waals surface area (Å²) in [6.07, 6.45) is -4.76. The van der Waals surface area contributed by atoms with Crippen LogP contribution in [0.2, 0.25) is 0 Å². The minimum Gasteiger partial charge on any atom is -0.305 e. The second-order valence-corrected chi connectivity index (χ2v) is 5.31. The minimum absolute atomic E-state index is 0.00460. The fourth-order valence-electron chi connectivity index (χ4n) is 2.54. The van der Waals surface area contributed by atoms with Crippen LogP contribution in [-0.4, -0.2) is 17.9 Å². The highest BCUT2D eigenvalue weighted by Gasteiger charge is 2.41. The summed E-state index contributed by atoms with van der Waals surface area (Å²) in [6, 6.07) is 18.1. The number of nitrogens with one attached hydrogen (secondary N) is 1. The minimum atomic E-state index is -4.94. The first-order chi connectivity index (χ1) is 11.4. The Morgan fingerprint density at radius 3 is 2.21 bits per heavy atom. The summed E-state index contributed by atoms with van der Waals surface area (Å²) >= 11 is 0. The number of carbonyl (C=O) groups is 1. The highest BCUT2D eigenvalue weighted by atomic mass is 19.4. The number of halogens is 3. The number of amides is 1. The zero-order chi connectivity index (χ0) is 17.2. The first kappa shape index (κ1) is 16.0. The zero-order valence-corrected chi connectivity index (χ0v) is 12.5. The molecule has 0 saturated heterocycles. The maximum atomic E-state index is 12.5. The lowest BCUT2D eigenvalue weighted by molar-refractivity contribution is -0.171. The molecule has 24 heavy (non-hydrogen) atoms. The summed E-state index contributed by atoms with van der Waals surface area (Å²) in [5.74, 6) is -2.02. The molecule has 0 bridgehead atoms. The molecule has 0 radical (unpaired) electrons. The van der Waals surface area contributed by atoms with E-state index in [2.05, 4.69) is 5.10 Å². The first-order valence-electron chi connectivity index (χ1n) is 7.30. The number of hydrazone groups is 1. The SMILES string of the molecule is O=C(NC1=NN(c2ccccc2)C(c2ccccc2)C1)C(F)(F)F. The molecule has 7 heteroatoms. The summed E-state index contributed by atoms with van der Waals surface area (Å²) in [7, 11) is 0. The van der Waals surface area contributed by atoms with Crippen molar-refractivity contribution in [1.82, 2.24) is 5.32 Å². The molecule has 0 saturated carbocycles. The molecule has 4 nitrogen and oxygen atoms in total. The predicted octanol–water partition coefficient (Wildman–Crippen LogP) is 3.63. The van der Waals surface area contributed by atoms with E-state index in [0.29, 0.717) is 0 Å². The zero-order valence-electron chi connectivity index (χ0n) is 12.5. The largest absolute Gasteiger partial charge is 0.471 e. The molecule has 0 spiro atoms. The van der Waals surface area contributed by atoms with Crippen LogP contribution < -0.4 is 10.3 Å². The molecule has 1 amide bonds. The second-order valence-electron chi connectivity index (χ2n) is 5.31. The van der Waals surface area contributed by atoms with Gasteiger partial charge in [0.2, 0.25) is 0 Å². The number of amidine groups is 1. The molecule has 3 rings (SSSR count). The average Bonchev–Trinajstić information content (AvgIpc) is 2.99. The molecule has 2 aromatic carbocycles. The maximum Gasteiger partial charge on any atom is 0.471 e. The number of alkyl halides is 3. The van der Waals surface area contributed by atoms with E-state index in [9.17, 15) is 18.0 Å². The van der Waals surface area contributed by atoms with Gasteiger partial charge in [-0.1, -0.05) is 48.5 Å². The van der Waals surface area contributed by atoms with Crippen molar-refractivity contribution < 1.29 is 18.0 Å². The van der Waals surface area contributed by atoms with Crippen molar-refractivity contribution in [3.05, 3.63) is 66.2 Å². The van der Waals surface area contributed by atoms with Gasteiger partial charge in [-0.3, -0.25) is 9.80 Å². The molecule has 1 N–H and O–H groups in total. The van der Waals surface area contributed by atoms with Gasteiger partial charge in [0.1, 0.15) is 5.84 Å². The topological polar surface area (TPSA) is 44.7 Å².